The Balaban J connectivity index is 2.61. The third-order valence-corrected chi connectivity index (χ3v) is 4.66. The fraction of sp³-hybridized carbons (Fsp3) is 0.583. The number of amides is 1. The van der Waals surface area contributed by atoms with Gasteiger partial charge in [0.05, 0.1) is 4.88 Å². The number of nitrogens with zero attached hydrogens (tertiary/aromatic N) is 1. The maximum absolute atomic E-state index is 11.4. The summed E-state index contributed by atoms with van der Waals surface area (Å²) >= 11 is 3.37. The van der Waals surface area contributed by atoms with Crippen LogP contribution in [-0.2, 0) is 6.54 Å². The van der Waals surface area contributed by atoms with Gasteiger partial charge in [-0.1, -0.05) is 6.92 Å². The number of nitrogen functional groups attached to an aromatic ring is 1. The van der Waals surface area contributed by atoms with Crippen molar-refractivity contribution in [1.29, 1.82) is 0 Å². The van der Waals surface area contributed by atoms with Crippen molar-refractivity contribution in [3.05, 3.63) is 21.9 Å². The minimum atomic E-state index is -0.218. The lowest BCUT2D eigenvalue weighted by Crippen LogP contribution is -2.32. The van der Waals surface area contributed by atoms with Crippen LogP contribution in [0.3, 0.4) is 0 Å². The molecule has 18 heavy (non-hydrogen) atoms. The second-order valence-electron chi connectivity index (χ2n) is 4.17. The quantitative estimate of drug-likeness (QED) is 0.457. The summed E-state index contributed by atoms with van der Waals surface area (Å²) in [6, 6.07) is 4.40. The molecule has 0 aromatic carbocycles. The van der Waals surface area contributed by atoms with Gasteiger partial charge in [-0.05, 0) is 31.9 Å². The Morgan fingerprint density at radius 3 is 2.89 bits per heavy atom. The van der Waals surface area contributed by atoms with Crippen LogP contribution in [0.15, 0.2) is 12.1 Å². The van der Waals surface area contributed by atoms with E-state index in [4.69, 9.17) is 5.84 Å². The predicted octanol–water partition coefficient (Wildman–Crippen LogP) is 1.92. The minimum Gasteiger partial charge on any atom is -0.298 e. The lowest BCUT2D eigenvalue weighted by atomic mass is 10.2. The Kier molecular flexibility index (Phi) is 6.70. The second kappa shape index (κ2) is 7.78. The first-order valence-electron chi connectivity index (χ1n) is 5.91. The molecule has 0 fully saturated rings. The molecule has 1 amide bonds. The number of nitrogens with two attached hydrogens (primary N) is 1. The van der Waals surface area contributed by atoms with Crippen LogP contribution in [0.2, 0.25) is 0 Å². The monoisotopic (exact) mass is 287 g/mol. The van der Waals surface area contributed by atoms with Gasteiger partial charge in [-0.2, -0.15) is 11.8 Å². The van der Waals surface area contributed by atoms with Gasteiger partial charge >= 0.3 is 0 Å². The molecule has 1 heterocycles. The van der Waals surface area contributed by atoms with E-state index in [1.807, 2.05) is 23.9 Å². The van der Waals surface area contributed by atoms with Gasteiger partial charge in [-0.3, -0.25) is 15.1 Å². The number of hydrogen-bond donors (Lipinski definition) is 2. The number of thiophene rings is 1. The maximum Gasteiger partial charge on any atom is 0.275 e. The highest BCUT2D eigenvalue weighted by Crippen LogP contribution is 2.20. The SMILES string of the molecule is CCC(CSC)N(C)Cc1ccc(C(=O)NN)s1. The molecule has 1 aromatic heterocycles. The molecule has 3 N–H and O–H groups in total. The fourth-order valence-electron chi connectivity index (χ4n) is 1.78. The first kappa shape index (κ1) is 15.5. The van der Waals surface area contributed by atoms with E-state index in [0.717, 1.165) is 18.7 Å². The molecule has 6 heteroatoms. The van der Waals surface area contributed by atoms with E-state index < -0.39 is 0 Å². The molecule has 0 aliphatic carbocycles. The number of carbonyl (C=O) groups is 1. The molecule has 0 aliphatic rings. The summed E-state index contributed by atoms with van der Waals surface area (Å²) in [7, 11) is 2.13. The van der Waals surface area contributed by atoms with Crippen molar-refractivity contribution in [3.8, 4) is 0 Å². The first-order chi connectivity index (χ1) is 8.62. The van der Waals surface area contributed by atoms with E-state index in [1.165, 1.54) is 16.2 Å². The summed E-state index contributed by atoms with van der Waals surface area (Å²) in [5.41, 5.74) is 2.16. The largest absolute Gasteiger partial charge is 0.298 e. The van der Waals surface area contributed by atoms with Crippen LogP contribution in [0.25, 0.3) is 0 Å². The van der Waals surface area contributed by atoms with Crippen LogP contribution in [0.5, 0.6) is 0 Å². The topological polar surface area (TPSA) is 58.4 Å². The Labute approximate surface area is 117 Å². The van der Waals surface area contributed by atoms with E-state index in [1.54, 1.807) is 0 Å². The zero-order chi connectivity index (χ0) is 13.5. The zero-order valence-electron chi connectivity index (χ0n) is 11.1. The van der Waals surface area contributed by atoms with Gasteiger partial charge in [-0.15, -0.1) is 11.3 Å². The predicted molar refractivity (Wildman–Crippen MR) is 79.9 cm³/mol. The molecule has 102 valence electrons. The fourth-order valence-corrected chi connectivity index (χ4v) is 3.63. The van der Waals surface area contributed by atoms with E-state index in [9.17, 15) is 4.79 Å². The Bertz CT molecular complexity index is 381. The van der Waals surface area contributed by atoms with Gasteiger partial charge in [-0.25, -0.2) is 5.84 Å². The number of nitrogens with one attached hydrogen (secondary N) is 1. The molecule has 0 saturated heterocycles. The Morgan fingerprint density at radius 1 is 1.61 bits per heavy atom. The third kappa shape index (κ3) is 4.28. The van der Waals surface area contributed by atoms with Crippen molar-refractivity contribution in [2.75, 3.05) is 19.1 Å². The highest BCUT2D eigenvalue weighted by atomic mass is 32.2. The number of carbonyl (C=O) groups excluding carboxylic acids is 1. The standard InChI is InChI=1S/C12H21N3OS2/c1-4-9(8-17-3)15(2)7-10-5-6-11(18-10)12(16)14-13/h5-6,9H,4,7-8,13H2,1-3H3,(H,14,16). The zero-order valence-corrected chi connectivity index (χ0v) is 12.7. The van der Waals surface area contributed by atoms with Gasteiger partial charge in [0.25, 0.3) is 5.91 Å². The summed E-state index contributed by atoms with van der Waals surface area (Å²) in [5, 5.41) is 0. The maximum atomic E-state index is 11.4. The molecule has 0 spiro atoms. The van der Waals surface area contributed by atoms with Crippen LogP contribution in [0.1, 0.15) is 27.9 Å². The van der Waals surface area contributed by atoms with Crippen molar-refractivity contribution in [2.24, 2.45) is 5.84 Å². The van der Waals surface area contributed by atoms with E-state index >= 15 is 0 Å². The van der Waals surface area contributed by atoms with Crippen molar-refractivity contribution in [1.82, 2.24) is 10.3 Å². The van der Waals surface area contributed by atoms with Crippen LogP contribution >= 0.6 is 23.1 Å². The van der Waals surface area contributed by atoms with Gasteiger partial charge in [0, 0.05) is 23.2 Å². The van der Waals surface area contributed by atoms with Crippen LogP contribution in [0, 0.1) is 0 Å². The van der Waals surface area contributed by atoms with Gasteiger partial charge in [0.2, 0.25) is 0 Å². The number of hydrazine groups is 1. The Morgan fingerprint density at radius 2 is 2.33 bits per heavy atom. The molecule has 1 unspecified atom stereocenters. The third-order valence-electron chi connectivity index (χ3n) is 2.88. The second-order valence-corrected chi connectivity index (χ2v) is 6.25. The lowest BCUT2D eigenvalue weighted by molar-refractivity contribution is 0.0957. The number of hydrogen-bond acceptors (Lipinski definition) is 5. The summed E-state index contributed by atoms with van der Waals surface area (Å²) in [4.78, 5) is 15.6. The summed E-state index contributed by atoms with van der Waals surface area (Å²) in [6.07, 6.45) is 3.27. The average molecular weight is 287 g/mol. The molecule has 1 rings (SSSR count). The van der Waals surface area contributed by atoms with Gasteiger partial charge < -0.3 is 0 Å². The molecule has 0 bridgehead atoms. The van der Waals surface area contributed by atoms with Crippen LogP contribution in [-0.4, -0.2) is 35.9 Å². The molecule has 0 aliphatic heterocycles. The smallest absolute Gasteiger partial charge is 0.275 e. The van der Waals surface area contributed by atoms with Crippen molar-refractivity contribution < 1.29 is 4.79 Å². The van der Waals surface area contributed by atoms with Crippen molar-refractivity contribution >= 4 is 29.0 Å². The van der Waals surface area contributed by atoms with Gasteiger partial charge in [0.15, 0.2) is 0 Å². The highest BCUT2D eigenvalue weighted by molar-refractivity contribution is 7.98. The Hall–Kier alpha value is -0.560. The molecule has 1 atom stereocenters. The normalized spacial score (nSPS) is 12.7. The summed E-state index contributed by atoms with van der Waals surface area (Å²) in [6.45, 7) is 3.08. The lowest BCUT2D eigenvalue weighted by Gasteiger charge is -2.25. The molecular formula is C12H21N3OS2. The molecular weight excluding hydrogens is 266 g/mol. The van der Waals surface area contributed by atoms with E-state index in [2.05, 4.69) is 30.6 Å². The summed E-state index contributed by atoms with van der Waals surface area (Å²) in [5.74, 6) is 6.03. The molecule has 0 saturated carbocycles. The van der Waals surface area contributed by atoms with E-state index in [-0.39, 0.29) is 5.91 Å². The first-order valence-corrected chi connectivity index (χ1v) is 8.12. The summed E-state index contributed by atoms with van der Waals surface area (Å²) < 4.78 is 0. The van der Waals surface area contributed by atoms with Gasteiger partial charge in [0.1, 0.15) is 0 Å². The van der Waals surface area contributed by atoms with Crippen molar-refractivity contribution in [2.45, 2.75) is 25.9 Å². The number of rotatable bonds is 7. The van der Waals surface area contributed by atoms with Crippen molar-refractivity contribution in [3.63, 3.8) is 0 Å². The number of thioether (sulfide) groups is 1. The minimum absolute atomic E-state index is 0.218. The average Bonchev–Trinajstić information content (AvgIpc) is 2.83. The van der Waals surface area contributed by atoms with Crippen LogP contribution in [0.4, 0.5) is 0 Å². The molecule has 1 aromatic rings. The van der Waals surface area contributed by atoms with E-state index in [0.29, 0.717) is 10.9 Å². The highest BCUT2D eigenvalue weighted by Gasteiger charge is 2.14. The molecule has 0 radical (unpaired) electrons. The van der Waals surface area contributed by atoms with Crippen LogP contribution < -0.4 is 11.3 Å². The molecule has 4 nitrogen and oxygen atoms in total.